The lowest BCUT2D eigenvalue weighted by molar-refractivity contribution is -0.138. The van der Waals surface area contributed by atoms with Crippen LogP contribution in [0.4, 0.5) is 4.39 Å². The topological polar surface area (TPSA) is 60.9 Å². The Morgan fingerprint density at radius 2 is 1.39 bits per heavy atom. The van der Waals surface area contributed by atoms with Crippen molar-refractivity contribution >= 4 is 29.1 Å². The number of hydrogen-bond acceptors (Lipinski definition) is 4. The zero-order valence-corrected chi connectivity index (χ0v) is 18.4. The first-order valence-electron chi connectivity index (χ1n) is 10.6. The molecule has 4 rings (SSSR count). The highest BCUT2D eigenvalue weighted by molar-refractivity contribution is 7.13. The molecule has 2 aliphatic heterocycles. The largest absolute Gasteiger partial charge is 0.339 e. The standard InChI is InChI=1S/C23H26FN3O3S/c1-16-2-7-20(31-16)23(30)27-14-12-26(13-15-27)22(29)18-8-10-25(11-9-18)21(28)17-3-5-19(24)6-4-17/h2-7,18H,8-15H2,1H3. The van der Waals surface area contributed by atoms with Crippen LogP contribution in [0.1, 0.15) is 37.7 Å². The van der Waals surface area contributed by atoms with E-state index in [0.717, 1.165) is 9.75 Å². The number of amides is 3. The summed E-state index contributed by atoms with van der Waals surface area (Å²) in [5.74, 6) is -0.430. The van der Waals surface area contributed by atoms with Gasteiger partial charge in [0.05, 0.1) is 4.88 Å². The van der Waals surface area contributed by atoms with E-state index in [9.17, 15) is 18.8 Å². The summed E-state index contributed by atoms with van der Waals surface area (Å²) in [6.45, 7) is 5.20. The molecular weight excluding hydrogens is 417 g/mol. The van der Waals surface area contributed by atoms with Crippen LogP contribution in [0.15, 0.2) is 36.4 Å². The van der Waals surface area contributed by atoms with Crippen LogP contribution in [-0.2, 0) is 4.79 Å². The Kier molecular flexibility index (Phi) is 6.36. The van der Waals surface area contributed by atoms with E-state index in [4.69, 9.17) is 0 Å². The van der Waals surface area contributed by atoms with Gasteiger partial charge in [0.2, 0.25) is 5.91 Å². The molecule has 2 saturated heterocycles. The molecule has 8 heteroatoms. The predicted octanol–water partition coefficient (Wildman–Crippen LogP) is 3.03. The summed E-state index contributed by atoms with van der Waals surface area (Å²) in [6, 6.07) is 9.37. The van der Waals surface area contributed by atoms with Gasteiger partial charge in [-0.2, -0.15) is 0 Å². The summed E-state index contributed by atoms with van der Waals surface area (Å²) in [6.07, 6.45) is 1.25. The van der Waals surface area contributed by atoms with Gasteiger partial charge in [-0.1, -0.05) is 0 Å². The second-order valence-corrected chi connectivity index (χ2v) is 9.39. The molecule has 0 radical (unpaired) electrons. The van der Waals surface area contributed by atoms with Crippen LogP contribution in [0.5, 0.6) is 0 Å². The molecule has 0 saturated carbocycles. The second-order valence-electron chi connectivity index (χ2n) is 8.10. The molecule has 0 unspecified atom stereocenters. The fourth-order valence-electron chi connectivity index (χ4n) is 4.20. The van der Waals surface area contributed by atoms with E-state index in [1.807, 2.05) is 28.9 Å². The molecular formula is C23H26FN3O3S. The van der Waals surface area contributed by atoms with Gasteiger partial charge in [0.1, 0.15) is 5.82 Å². The molecule has 31 heavy (non-hydrogen) atoms. The van der Waals surface area contributed by atoms with Gasteiger partial charge in [-0.25, -0.2) is 4.39 Å². The van der Waals surface area contributed by atoms with E-state index in [-0.39, 0.29) is 29.5 Å². The van der Waals surface area contributed by atoms with E-state index in [0.29, 0.717) is 57.7 Å². The van der Waals surface area contributed by atoms with Gasteiger partial charge in [0.25, 0.3) is 11.8 Å². The third-order valence-electron chi connectivity index (χ3n) is 6.05. The molecule has 2 fully saturated rings. The fraction of sp³-hybridized carbons (Fsp3) is 0.435. The summed E-state index contributed by atoms with van der Waals surface area (Å²) >= 11 is 1.50. The number of carbonyl (C=O) groups is 3. The first kappa shape index (κ1) is 21.5. The minimum absolute atomic E-state index is 0.0396. The van der Waals surface area contributed by atoms with Gasteiger partial charge in [0.15, 0.2) is 0 Å². The van der Waals surface area contributed by atoms with Crippen LogP contribution in [0.25, 0.3) is 0 Å². The number of rotatable bonds is 3. The number of nitrogens with zero attached hydrogens (tertiary/aromatic N) is 3. The third-order valence-corrected chi connectivity index (χ3v) is 7.04. The average molecular weight is 444 g/mol. The van der Waals surface area contributed by atoms with Crippen molar-refractivity contribution in [3.05, 3.63) is 57.5 Å². The Morgan fingerprint density at radius 1 is 0.806 bits per heavy atom. The highest BCUT2D eigenvalue weighted by Gasteiger charge is 2.33. The van der Waals surface area contributed by atoms with Gasteiger partial charge < -0.3 is 14.7 Å². The summed E-state index contributed by atoms with van der Waals surface area (Å²) < 4.78 is 13.1. The Labute approximate surface area is 185 Å². The number of piperazine rings is 1. The molecule has 6 nitrogen and oxygen atoms in total. The maximum atomic E-state index is 13.1. The van der Waals surface area contributed by atoms with Crippen molar-refractivity contribution < 1.29 is 18.8 Å². The number of thiophene rings is 1. The molecule has 3 heterocycles. The Hall–Kier alpha value is -2.74. The van der Waals surface area contributed by atoms with Crippen LogP contribution in [0.3, 0.4) is 0 Å². The highest BCUT2D eigenvalue weighted by Crippen LogP contribution is 2.23. The van der Waals surface area contributed by atoms with Crippen molar-refractivity contribution in [3.63, 3.8) is 0 Å². The highest BCUT2D eigenvalue weighted by atomic mass is 32.1. The zero-order valence-electron chi connectivity index (χ0n) is 17.6. The van der Waals surface area contributed by atoms with Gasteiger partial charge in [0, 0.05) is 55.6 Å². The minimum atomic E-state index is -0.367. The van der Waals surface area contributed by atoms with Gasteiger partial charge in [-0.15, -0.1) is 11.3 Å². The number of likely N-dealkylation sites (tertiary alicyclic amines) is 1. The Balaban J connectivity index is 1.26. The SMILES string of the molecule is Cc1ccc(C(=O)N2CCN(C(=O)C3CCN(C(=O)c4ccc(F)cc4)CC3)CC2)s1. The smallest absolute Gasteiger partial charge is 0.264 e. The zero-order chi connectivity index (χ0) is 22.0. The van der Waals surface area contributed by atoms with E-state index >= 15 is 0 Å². The first-order chi connectivity index (χ1) is 14.9. The molecule has 2 aliphatic rings. The Bertz CT molecular complexity index is 959. The van der Waals surface area contributed by atoms with Crippen LogP contribution in [-0.4, -0.2) is 71.7 Å². The molecule has 0 atom stereocenters. The third kappa shape index (κ3) is 4.79. The maximum Gasteiger partial charge on any atom is 0.264 e. The van der Waals surface area contributed by atoms with E-state index in [1.54, 1.807) is 4.90 Å². The lowest BCUT2D eigenvalue weighted by Gasteiger charge is -2.38. The number of benzene rings is 1. The molecule has 0 bridgehead atoms. The molecule has 1 aromatic carbocycles. The lowest BCUT2D eigenvalue weighted by atomic mass is 9.94. The number of aryl methyl sites for hydroxylation is 1. The Morgan fingerprint density at radius 3 is 1.97 bits per heavy atom. The lowest BCUT2D eigenvalue weighted by Crippen LogP contribution is -2.53. The number of piperidine rings is 1. The monoisotopic (exact) mass is 443 g/mol. The summed E-state index contributed by atoms with van der Waals surface area (Å²) in [5, 5.41) is 0. The van der Waals surface area contributed by atoms with Crippen LogP contribution >= 0.6 is 11.3 Å². The number of hydrogen-bond donors (Lipinski definition) is 0. The molecule has 0 spiro atoms. The van der Waals surface area contributed by atoms with Crippen molar-refractivity contribution in [1.82, 2.24) is 14.7 Å². The van der Waals surface area contributed by atoms with E-state index in [2.05, 4.69) is 0 Å². The molecule has 1 aromatic heterocycles. The van der Waals surface area contributed by atoms with Crippen LogP contribution in [0, 0.1) is 18.7 Å². The maximum absolute atomic E-state index is 13.1. The van der Waals surface area contributed by atoms with Crippen molar-refractivity contribution in [3.8, 4) is 0 Å². The van der Waals surface area contributed by atoms with Crippen molar-refractivity contribution in [2.45, 2.75) is 19.8 Å². The quantitative estimate of drug-likeness (QED) is 0.733. The van der Waals surface area contributed by atoms with Crippen molar-refractivity contribution in [2.75, 3.05) is 39.3 Å². The van der Waals surface area contributed by atoms with Gasteiger partial charge in [-0.05, 0) is 56.2 Å². The normalized spacial score (nSPS) is 17.7. The number of carbonyl (C=O) groups excluding carboxylic acids is 3. The fourth-order valence-corrected chi connectivity index (χ4v) is 5.03. The molecule has 164 valence electrons. The van der Waals surface area contributed by atoms with E-state index < -0.39 is 0 Å². The molecule has 2 aromatic rings. The minimum Gasteiger partial charge on any atom is -0.339 e. The van der Waals surface area contributed by atoms with Crippen LogP contribution in [0.2, 0.25) is 0 Å². The van der Waals surface area contributed by atoms with Gasteiger partial charge in [-0.3, -0.25) is 14.4 Å². The molecule has 3 amide bonds. The average Bonchev–Trinajstić information content (AvgIpc) is 3.24. The first-order valence-corrected chi connectivity index (χ1v) is 11.4. The van der Waals surface area contributed by atoms with Crippen molar-refractivity contribution in [2.24, 2.45) is 5.92 Å². The van der Waals surface area contributed by atoms with Crippen molar-refractivity contribution in [1.29, 1.82) is 0 Å². The van der Waals surface area contributed by atoms with E-state index in [1.165, 1.54) is 35.6 Å². The second kappa shape index (κ2) is 9.18. The van der Waals surface area contributed by atoms with Crippen LogP contribution < -0.4 is 0 Å². The molecule has 0 N–H and O–H groups in total. The summed E-state index contributed by atoms with van der Waals surface area (Å²) in [7, 11) is 0. The summed E-state index contributed by atoms with van der Waals surface area (Å²) in [5.41, 5.74) is 0.466. The summed E-state index contributed by atoms with van der Waals surface area (Å²) in [4.78, 5) is 45.4. The predicted molar refractivity (Wildman–Crippen MR) is 117 cm³/mol. The molecule has 0 aliphatic carbocycles. The van der Waals surface area contributed by atoms with Gasteiger partial charge >= 0.3 is 0 Å². The number of halogens is 1.